The molecule has 0 spiro atoms. The lowest BCUT2D eigenvalue weighted by Gasteiger charge is -2.34. The van der Waals surface area contributed by atoms with Crippen LogP contribution in [0.25, 0.3) is 0 Å². The van der Waals surface area contributed by atoms with Crippen molar-refractivity contribution in [3.8, 4) is 0 Å². The van der Waals surface area contributed by atoms with Crippen molar-refractivity contribution in [3.63, 3.8) is 0 Å². The van der Waals surface area contributed by atoms with Gasteiger partial charge in [0.2, 0.25) is 0 Å². The zero-order chi connectivity index (χ0) is 11.6. The Hall–Kier alpha value is -0.130. The molecule has 2 aliphatic rings. The van der Waals surface area contributed by atoms with Gasteiger partial charge in [-0.1, -0.05) is 6.92 Å². The fourth-order valence-electron chi connectivity index (χ4n) is 2.21. The Kier molecular flexibility index (Phi) is 3.87. The van der Waals surface area contributed by atoms with Crippen LogP contribution in [0.4, 0.5) is 0 Å². The first-order valence-corrected chi connectivity index (χ1v) is 8.11. The predicted molar refractivity (Wildman–Crippen MR) is 65.3 cm³/mol. The maximum absolute atomic E-state index is 11.3. The van der Waals surface area contributed by atoms with Crippen LogP contribution in [0.3, 0.4) is 0 Å². The van der Waals surface area contributed by atoms with Crippen molar-refractivity contribution in [2.24, 2.45) is 0 Å². The Balaban J connectivity index is 1.79. The zero-order valence-electron chi connectivity index (χ0n) is 9.98. The largest absolute Gasteiger partial charge is 0.312 e. The minimum absolute atomic E-state index is 0.340. The van der Waals surface area contributed by atoms with Crippen molar-refractivity contribution < 1.29 is 8.42 Å². The van der Waals surface area contributed by atoms with E-state index in [0.29, 0.717) is 30.6 Å². The summed E-state index contributed by atoms with van der Waals surface area (Å²) in [6, 6.07) is 1.25. The van der Waals surface area contributed by atoms with Crippen LogP contribution in [0.5, 0.6) is 0 Å². The number of nitrogens with zero attached hydrogens (tertiary/aromatic N) is 1. The summed E-state index contributed by atoms with van der Waals surface area (Å²) in [6.45, 7) is 4.63. The number of rotatable bonds is 5. The van der Waals surface area contributed by atoms with E-state index < -0.39 is 9.84 Å². The highest BCUT2D eigenvalue weighted by atomic mass is 32.2. The Bertz CT molecular complexity index is 311. The lowest BCUT2D eigenvalue weighted by Crippen LogP contribution is -2.49. The average Bonchev–Trinajstić information content (AvgIpc) is 3.04. The summed E-state index contributed by atoms with van der Waals surface area (Å²) >= 11 is 0. The number of hydrogen-bond acceptors (Lipinski definition) is 4. The minimum atomic E-state index is -2.74. The van der Waals surface area contributed by atoms with E-state index in [9.17, 15) is 8.42 Å². The maximum Gasteiger partial charge on any atom is 0.152 e. The highest BCUT2D eigenvalue weighted by molar-refractivity contribution is 7.91. The first-order valence-electron chi connectivity index (χ1n) is 6.28. The van der Waals surface area contributed by atoms with Gasteiger partial charge in [0, 0.05) is 31.7 Å². The molecule has 0 radical (unpaired) electrons. The molecule has 1 N–H and O–H groups in total. The normalized spacial score (nSPS) is 27.8. The van der Waals surface area contributed by atoms with Gasteiger partial charge in [-0.3, -0.25) is 4.90 Å². The second-order valence-corrected chi connectivity index (χ2v) is 7.24. The summed E-state index contributed by atoms with van der Waals surface area (Å²) in [5.41, 5.74) is 0. The molecule has 1 unspecified atom stereocenters. The van der Waals surface area contributed by atoms with Crippen LogP contribution in [0.15, 0.2) is 0 Å². The molecule has 94 valence electrons. The summed E-state index contributed by atoms with van der Waals surface area (Å²) < 4.78 is 22.7. The lowest BCUT2D eigenvalue weighted by atomic mass is 10.2. The average molecular weight is 246 g/mol. The second kappa shape index (κ2) is 5.02. The molecule has 0 amide bonds. The lowest BCUT2D eigenvalue weighted by molar-refractivity contribution is 0.201. The van der Waals surface area contributed by atoms with Crippen LogP contribution >= 0.6 is 0 Å². The number of sulfone groups is 1. The highest BCUT2D eigenvalue weighted by Crippen LogP contribution is 2.19. The molecule has 5 heteroatoms. The van der Waals surface area contributed by atoms with E-state index >= 15 is 0 Å². The third-order valence-corrected chi connectivity index (χ3v) is 5.20. The standard InChI is InChI=1S/C11H22N2O2S/c1-2-11(9-12-10-3-4-10)13-5-7-16(14,15)8-6-13/h10-12H,2-9H2,1H3. The molecule has 16 heavy (non-hydrogen) atoms. The van der Waals surface area contributed by atoms with Crippen LogP contribution in [-0.4, -0.2) is 56.5 Å². The van der Waals surface area contributed by atoms with Gasteiger partial charge >= 0.3 is 0 Å². The van der Waals surface area contributed by atoms with Gasteiger partial charge < -0.3 is 5.32 Å². The molecule has 1 saturated carbocycles. The predicted octanol–water partition coefficient (Wildman–Crippen LogP) is 0.247. The second-order valence-electron chi connectivity index (χ2n) is 4.93. The van der Waals surface area contributed by atoms with Gasteiger partial charge in [-0.05, 0) is 19.3 Å². The molecule has 4 nitrogen and oxygen atoms in total. The summed E-state index contributed by atoms with van der Waals surface area (Å²) in [5, 5.41) is 3.53. The SMILES string of the molecule is CCC(CNC1CC1)N1CCS(=O)(=O)CC1. The van der Waals surface area contributed by atoms with Gasteiger partial charge in [0.25, 0.3) is 0 Å². The van der Waals surface area contributed by atoms with Crippen LogP contribution in [0.1, 0.15) is 26.2 Å². The molecule has 1 atom stereocenters. The van der Waals surface area contributed by atoms with Crippen molar-refractivity contribution in [1.82, 2.24) is 10.2 Å². The fourth-order valence-corrected chi connectivity index (χ4v) is 3.44. The third-order valence-electron chi connectivity index (χ3n) is 3.59. The van der Waals surface area contributed by atoms with Crippen LogP contribution in [-0.2, 0) is 9.84 Å². The molecular weight excluding hydrogens is 224 g/mol. The van der Waals surface area contributed by atoms with Crippen LogP contribution in [0.2, 0.25) is 0 Å². The van der Waals surface area contributed by atoms with Gasteiger partial charge in [0.05, 0.1) is 11.5 Å². The van der Waals surface area contributed by atoms with Crippen LogP contribution < -0.4 is 5.32 Å². The summed E-state index contributed by atoms with van der Waals surface area (Å²) in [7, 11) is -2.74. The molecule has 1 aliphatic heterocycles. The number of hydrogen-bond donors (Lipinski definition) is 1. The smallest absolute Gasteiger partial charge is 0.152 e. The van der Waals surface area contributed by atoms with E-state index in [2.05, 4.69) is 17.1 Å². The van der Waals surface area contributed by atoms with Crippen LogP contribution in [0, 0.1) is 0 Å². The van der Waals surface area contributed by atoms with Gasteiger partial charge in [-0.25, -0.2) is 8.42 Å². The quantitative estimate of drug-likeness (QED) is 0.755. The zero-order valence-corrected chi connectivity index (χ0v) is 10.8. The molecule has 1 aliphatic carbocycles. The highest BCUT2D eigenvalue weighted by Gasteiger charge is 2.27. The minimum Gasteiger partial charge on any atom is -0.312 e. The van der Waals surface area contributed by atoms with Gasteiger partial charge in [0.15, 0.2) is 9.84 Å². The van der Waals surface area contributed by atoms with E-state index in [1.54, 1.807) is 0 Å². The molecule has 2 fully saturated rings. The van der Waals surface area contributed by atoms with Crippen molar-refractivity contribution in [1.29, 1.82) is 0 Å². The molecule has 1 saturated heterocycles. The fraction of sp³-hybridized carbons (Fsp3) is 1.00. The Labute approximate surface area is 98.3 Å². The summed E-state index contributed by atoms with van der Waals surface area (Å²) in [5.74, 6) is 0.680. The van der Waals surface area contributed by atoms with Gasteiger partial charge in [-0.15, -0.1) is 0 Å². The number of nitrogens with one attached hydrogen (secondary N) is 1. The van der Waals surface area contributed by atoms with E-state index in [1.807, 2.05) is 0 Å². The first kappa shape index (κ1) is 12.3. The first-order chi connectivity index (χ1) is 7.61. The van der Waals surface area contributed by atoms with Crippen molar-refractivity contribution in [3.05, 3.63) is 0 Å². The topological polar surface area (TPSA) is 49.4 Å². The van der Waals surface area contributed by atoms with E-state index in [1.165, 1.54) is 12.8 Å². The van der Waals surface area contributed by atoms with E-state index in [4.69, 9.17) is 0 Å². The summed E-state index contributed by atoms with van der Waals surface area (Å²) in [6.07, 6.45) is 3.72. The van der Waals surface area contributed by atoms with Crippen molar-refractivity contribution in [2.75, 3.05) is 31.1 Å². The molecular formula is C11H22N2O2S. The molecule has 0 aromatic carbocycles. The molecule has 0 aromatic rings. The van der Waals surface area contributed by atoms with Crippen molar-refractivity contribution >= 4 is 9.84 Å². The molecule has 0 bridgehead atoms. The molecule has 2 rings (SSSR count). The van der Waals surface area contributed by atoms with Gasteiger partial charge in [0.1, 0.15) is 0 Å². The van der Waals surface area contributed by atoms with Crippen molar-refractivity contribution in [2.45, 2.75) is 38.3 Å². The Morgan fingerprint density at radius 2 is 1.94 bits per heavy atom. The third kappa shape index (κ3) is 3.43. The van der Waals surface area contributed by atoms with E-state index in [0.717, 1.165) is 19.0 Å². The maximum atomic E-state index is 11.3. The summed E-state index contributed by atoms with van der Waals surface area (Å²) in [4.78, 5) is 2.33. The van der Waals surface area contributed by atoms with Gasteiger partial charge in [-0.2, -0.15) is 0 Å². The molecule has 1 heterocycles. The van der Waals surface area contributed by atoms with E-state index in [-0.39, 0.29) is 0 Å². The monoisotopic (exact) mass is 246 g/mol. The Morgan fingerprint density at radius 1 is 1.31 bits per heavy atom. The Morgan fingerprint density at radius 3 is 2.44 bits per heavy atom. The molecule has 0 aromatic heterocycles.